The van der Waals surface area contributed by atoms with E-state index in [9.17, 15) is 4.79 Å². The number of benzene rings is 1. The van der Waals surface area contributed by atoms with Crippen LogP contribution >= 0.6 is 0 Å². The van der Waals surface area contributed by atoms with Gasteiger partial charge in [0.25, 0.3) is 0 Å². The van der Waals surface area contributed by atoms with E-state index in [4.69, 9.17) is 0 Å². The predicted molar refractivity (Wildman–Crippen MR) is 82.4 cm³/mol. The van der Waals surface area contributed by atoms with Crippen molar-refractivity contribution in [2.24, 2.45) is 5.92 Å². The van der Waals surface area contributed by atoms with Gasteiger partial charge in [-0.15, -0.1) is 0 Å². The minimum Gasteiger partial charge on any atom is -0.352 e. The minimum atomic E-state index is 0.117. The highest BCUT2D eigenvalue weighted by molar-refractivity contribution is 5.78. The molecule has 1 aromatic rings. The highest BCUT2D eigenvalue weighted by atomic mass is 16.2. The molecular formula is C17H26N2O. The molecule has 1 amide bonds. The molecule has 1 fully saturated rings. The zero-order valence-electron chi connectivity index (χ0n) is 12.6. The maximum absolute atomic E-state index is 12.0. The Kier molecular flexibility index (Phi) is 5.60. The smallest absolute Gasteiger partial charge is 0.234 e. The Bertz CT molecular complexity index is 418. The van der Waals surface area contributed by atoms with Gasteiger partial charge in [0.1, 0.15) is 0 Å². The molecule has 110 valence electrons. The van der Waals surface area contributed by atoms with Crippen LogP contribution in [0.3, 0.4) is 0 Å². The molecule has 0 spiro atoms. The number of rotatable bonds is 5. The van der Waals surface area contributed by atoms with Crippen molar-refractivity contribution >= 4 is 5.91 Å². The minimum absolute atomic E-state index is 0.117. The molecule has 20 heavy (non-hydrogen) atoms. The van der Waals surface area contributed by atoms with Crippen molar-refractivity contribution in [3.05, 3.63) is 35.9 Å². The Morgan fingerprint density at radius 3 is 2.65 bits per heavy atom. The first-order chi connectivity index (χ1) is 9.66. The van der Waals surface area contributed by atoms with Gasteiger partial charge in [-0.2, -0.15) is 0 Å². The van der Waals surface area contributed by atoms with Gasteiger partial charge in [-0.1, -0.05) is 50.1 Å². The first-order valence-corrected chi connectivity index (χ1v) is 7.74. The Balaban J connectivity index is 1.74. The van der Waals surface area contributed by atoms with E-state index in [0.29, 0.717) is 18.5 Å². The van der Waals surface area contributed by atoms with E-state index in [1.807, 2.05) is 18.2 Å². The normalized spacial score (nSPS) is 24.1. The maximum Gasteiger partial charge on any atom is 0.234 e. The summed E-state index contributed by atoms with van der Waals surface area (Å²) in [6, 6.07) is 10.8. The quantitative estimate of drug-likeness (QED) is 0.866. The number of carbonyl (C=O) groups is 1. The molecule has 0 radical (unpaired) electrons. The number of hydrogen-bond acceptors (Lipinski definition) is 2. The second-order valence-corrected chi connectivity index (χ2v) is 5.95. The van der Waals surface area contributed by atoms with Gasteiger partial charge >= 0.3 is 0 Å². The summed E-state index contributed by atoms with van der Waals surface area (Å²) < 4.78 is 0. The Morgan fingerprint density at radius 2 is 1.95 bits per heavy atom. The summed E-state index contributed by atoms with van der Waals surface area (Å²) in [6.07, 6.45) is 4.90. The average Bonchev–Trinajstić information content (AvgIpc) is 2.48. The zero-order valence-corrected chi connectivity index (χ0v) is 12.6. The third kappa shape index (κ3) is 4.34. The first kappa shape index (κ1) is 15.0. The first-order valence-electron chi connectivity index (χ1n) is 7.74. The van der Waals surface area contributed by atoms with E-state index < -0.39 is 0 Å². The molecule has 0 unspecified atom stereocenters. The van der Waals surface area contributed by atoms with Crippen molar-refractivity contribution in [1.82, 2.24) is 10.6 Å². The average molecular weight is 274 g/mol. The maximum atomic E-state index is 12.0. The lowest BCUT2D eigenvalue weighted by Crippen LogP contribution is -2.45. The molecule has 2 N–H and O–H groups in total. The molecule has 1 aromatic carbocycles. The van der Waals surface area contributed by atoms with Crippen molar-refractivity contribution < 1.29 is 4.79 Å². The molecule has 3 atom stereocenters. The van der Waals surface area contributed by atoms with Crippen LogP contribution in [0.5, 0.6) is 0 Å². The molecule has 0 heterocycles. The Labute approximate surface area is 122 Å². The molecule has 0 aromatic heterocycles. The van der Waals surface area contributed by atoms with Crippen LogP contribution < -0.4 is 10.6 Å². The molecule has 3 heteroatoms. The highest BCUT2D eigenvalue weighted by Crippen LogP contribution is 2.23. The van der Waals surface area contributed by atoms with Crippen LogP contribution in [0.2, 0.25) is 0 Å². The van der Waals surface area contributed by atoms with Crippen molar-refractivity contribution in [2.75, 3.05) is 6.54 Å². The van der Waals surface area contributed by atoms with Gasteiger partial charge in [0.05, 0.1) is 6.54 Å². The zero-order chi connectivity index (χ0) is 14.4. The van der Waals surface area contributed by atoms with Crippen molar-refractivity contribution in [1.29, 1.82) is 0 Å². The fourth-order valence-corrected chi connectivity index (χ4v) is 2.89. The molecule has 3 nitrogen and oxygen atoms in total. The molecule has 1 aliphatic carbocycles. The molecule has 1 aliphatic rings. The lowest BCUT2D eigenvalue weighted by Gasteiger charge is -2.29. The molecule has 1 saturated carbocycles. The van der Waals surface area contributed by atoms with Crippen LogP contribution in [-0.4, -0.2) is 18.5 Å². The number of amides is 1. The van der Waals surface area contributed by atoms with Gasteiger partial charge in [0.2, 0.25) is 5.91 Å². The van der Waals surface area contributed by atoms with Crippen molar-refractivity contribution in [2.45, 2.75) is 51.6 Å². The number of carbonyl (C=O) groups excluding carboxylic acids is 1. The lowest BCUT2D eigenvalue weighted by molar-refractivity contribution is -0.121. The van der Waals surface area contributed by atoms with E-state index in [2.05, 4.69) is 36.6 Å². The summed E-state index contributed by atoms with van der Waals surface area (Å²) >= 11 is 0. The molecule has 0 saturated heterocycles. The topological polar surface area (TPSA) is 41.1 Å². The fourth-order valence-electron chi connectivity index (χ4n) is 2.89. The van der Waals surface area contributed by atoms with Crippen LogP contribution in [0, 0.1) is 5.92 Å². The summed E-state index contributed by atoms with van der Waals surface area (Å²) in [5, 5.41) is 6.47. The SMILES string of the molecule is C[C@H](NCC(=O)N[C@H]1CCCC[C@@H]1C)c1ccccc1. The molecule has 0 aliphatic heterocycles. The van der Waals surface area contributed by atoms with E-state index >= 15 is 0 Å². The summed E-state index contributed by atoms with van der Waals surface area (Å²) in [4.78, 5) is 12.0. The lowest BCUT2D eigenvalue weighted by atomic mass is 9.86. The molecule has 2 rings (SSSR count). The van der Waals surface area contributed by atoms with Gasteiger partial charge < -0.3 is 10.6 Å². The summed E-state index contributed by atoms with van der Waals surface area (Å²) in [6.45, 7) is 4.72. The van der Waals surface area contributed by atoms with Gasteiger partial charge in [0, 0.05) is 12.1 Å². The van der Waals surface area contributed by atoms with E-state index in [1.54, 1.807) is 0 Å². The largest absolute Gasteiger partial charge is 0.352 e. The number of nitrogens with one attached hydrogen (secondary N) is 2. The summed E-state index contributed by atoms with van der Waals surface area (Å²) in [7, 11) is 0. The monoisotopic (exact) mass is 274 g/mol. The van der Waals surface area contributed by atoms with Crippen molar-refractivity contribution in [3.63, 3.8) is 0 Å². The third-order valence-electron chi connectivity index (χ3n) is 4.33. The van der Waals surface area contributed by atoms with Crippen LogP contribution in [0.15, 0.2) is 30.3 Å². The van der Waals surface area contributed by atoms with Gasteiger partial charge in [0.15, 0.2) is 0 Å². The summed E-state index contributed by atoms with van der Waals surface area (Å²) in [5.74, 6) is 0.728. The van der Waals surface area contributed by atoms with Crippen LogP contribution in [0.25, 0.3) is 0 Å². The third-order valence-corrected chi connectivity index (χ3v) is 4.33. The highest BCUT2D eigenvalue weighted by Gasteiger charge is 2.22. The standard InChI is InChI=1S/C17H26N2O/c1-13-8-6-7-11-16(13)19-17(20)12-18-14(2)15-9-4-3-5-10-15/h3-5,9-10,13-14,16,18H,6-8,11-12H2,1-2H3,(H,19,20)/t13-,14-,16-/m0/s1. The second kappa shape index (κ2) is 7.44. The predicted octanol–water partition coefficient (Wildman–Crippen LogP) is 3.03. The van der Waals surface area contributed by atoms with Gasteiger partial charge in [-0.25, -0.2) is 0 Å². The number of hydrogen-bond donors (Lipinski definition) is 2. The van der Waals surface area contributed by atoms with Crippen LogP contribution in [0.4, 0.5) is 0 Å². The summed E-state index contributed by atoms with van der Waals surface area (Å²) in [5.41, 5.74) is 1.21. The molecular weight excluding hydrogens is 248 g/mol. The molecule has 0 bridgehead atoms. The van der Waals surface area contributed by atoms with Crippen molar-refractivity contribution in [3.8, 4) is 0 Å². The van der Waals surface area contributed by atoms with E-state index in [1.165, 1.54) is 24.8 Å². The second-order valence-electron chi connectivity index (χ2n) is 5.95. The fraction of sp³-hybridized carbons (Fsp3) is 0.588. The van der Waals surface area contributed by atoms with Crippen LogP contribution in [-0.2, 0) is 4.79 Å². The van der Waals surface area contributed by atoms with E-state index in [0.717, 1.165) is 6.42 Å². The Hall–Kier alpha value is -1.35. The van der Waals surface area contributed by atoms with Gasteiger partial charge in [-0.3, -0.25) is 4.79 Å². The van der Waals surface area contributed by atoms with Crippen LogP contribution in [0.1, 0.15) is 51.1 Å². The Morgan fingerprint density at radius 1 is 1.25 bits per heavy atom. The van der Waals surface area contributed by atoms with Gasteiger partial charge in [-0.05, 0) is 31.2 Å². The van der Waals surface area contributed by atoms with E-state index in [-0.39, 0.29) is 11.9 Å².